The van der Waals surface area contributed by atoms with E-state index in [1.165, 1.54) is 11.1 Å². The van der Waals surface area contributed by atoms with Crippen molar-refractivity contribution >= 4 is 21.7 Å². The van der Waals surface area contributed by atoms with Crippen molar-refractivity contribution in [3.63, 3.8) is 0 Å². The highest BCUT2D eigenvalue weighted by molar-refractivity contribution is 9.10. The van der Waals surface area contributed by atoms with Crippen molar-refractivity contribution in [2.45, 2.75) is 26.2 Å². The van der Waals surface area contributed by atoms with Crippen LogP contribution in [0.2, 0.25) is 0 Å². The van der Waals surface area contributed by atoms with Crippen molar-refractivity contribution in [2.75, 3.05) is 6.61 Å². The summed E-state index contributed by atoms with van der Waals surface area (Å²) in [5.41, 5.74) is 4.35. The molecule has 0 aliphatic carbocycles. The molecule has 0 bridgehead atoms. The molecule has 0 N–H and O–H groups in total. The predicted octanol–water partition coefficient (Wildman–Crippen LogP) is 4.51. The second-order valence-electron chi connectivity index (χ2n) is 5.48. The van der Waals surface area contributed by atoms with E-state index in [1.807, 2.05) is 31.2 Å². The summed E-state index contributed by atoms with van der Waals surface area (Å²) in [6.45, 7) is 2.77. The SMILES string of the molecule is Cc1cc(Br)cc(C(=O)CCc2ccc3c(c2)CCO3)c1. The Hall–Kier alpha value is -1.61. The highest BCUT2D eigenvalue weighted by atomic mass is 79.9. The van der Waals surface area contributed by atoms with Gasteiger partial charge in [-0.1, -0.05) is 28.1 Å². The fourth-order valence-corrected chi connectivity index (χ4v) is 3.30. The molecular formula is C18H17BrO2. The van der Waals surface area contributed by atoms with Crippen molar-refractivity contribution in [2.24, 2.45) is 0 Å². The largest absolute Gasteiger partial charge is 0.493 e. The molecule has 3 heteroatoms. The Balaban J connectivity index is 1.68. The fraction of sp³-hybridized carbons (Fsp3) is 0.278. The molecule has 1 aliphatic heterocycles. The molecule has 0 radical (unpaired) electrons. The Morgan fingerprint density at radius 1 is 1.24 bits per heavy atom. The highest BCUT2D eigenvalue weighted by Crippen LogP contribution is 2.26. The first-order valence-electron chi connectivity index (χ1n) is 7.17. The van der Waals surface area contributed by atoms with Gasteiger partial charge >= 0.3 is 0 Å². The maximum absolute atomic E-state index is 12.3. The lowest BCUT2D eigenvalue weighted by atomic mass is 10.00. The quantitative estimate of drug-likeness (QED) is 0.763. The Bertz CT molecular complexity index is 671. The number of ketones is 1. The first kappa shape index (κ1) is 14.3. The third-order valence-electron chi connectivity index (χ3n) is 3.76. The number of benzene rings is 2. The second-order valence-corrected chi connectivity index (χ2v) is 6.40. The molecule has 21 heavy (non-hydrogen) atoms. The van der Waals surface area contributed by atoms with Crippen LogP contribution < -0.4 is 4.74 Å². The Kier molecular flexibility index (Phi) is 4.11. The van der Waals surface area contributed by atoms with Gasteiger partial charge in [0.2, 0.25) is 0 Å². The summed E-state index contributed by atoms with van der Waals surface area (Å²) in [6.07, 6.45) is 2.29. The van der Waals surface area contributed by atoms with Gasteiger partial charge in [0.1, 0.15) is 5.75 Å². The molecule has 2 aromatic carbocycles. The Morgan fingerprint density at radius 2 is 2.10 bits per heavy atom. The normalized spacial score (nSPS) is 12.9. The average Bonchev–Trinajstić information content (AvgIpc) is 2.91. The molecule has 0 saturated heterocycles. The molecule has 1 heterocycles. The summed E-state index contributed by atoms with van der Waals surface area (Å²) in [6, 6.07) is 12.1. The molecule has 0 spiro atoms. The number of aryl methyl sites for hydroxylation is 2. The third kappa shape index (κ3) is 3.35. The lowest BCUT2D eigenvalue weighted by Gasteiger charge is -2.06. The monoisotopic (exact) mass is 344 g/mol. The van der Waals surface area contributed by atoms with E-state index in [4.69, 9.17) is 4.74 Å². The van der Waals surface area contributed by atoms with E-state index in [0.29, 0.717) is 6.42 Å². The molecule has 0 aromatic heterocycles. The first-order chi connectivity index (χ1) is 10.1. The van der Waals surface area contributed by atoms with Gasteiger partial charge in [-0.05, 0) is 54.3 Å². The average molecular weight is 345 g/mol. The zero-order valence-electron chi connectivity index (χ0n) is 12.0. The van der Waals surface area contributed by atoms with Crippen LogP contribution in [0.25, 0.3) is 0 Å². The minimum Gasteiger partial charge on any atom is -0.493 e. The van der Waals surface area contributed by atoms with Crippen molar-refractivity contribution in [3.05, 3.63) is 63.1 Å². The van der Waals surface area contributed by atoms with Crippen LogP contribution in [0.3, 0.4) is 0 Å². The van der Waals surface area contributed by atoms with Gasteiger partial charge in [-0.2, -0.15) is 0 Å². The molecule has 3 rings (SSSR count). The number of hydrogen-bond donors (Lipinski definition) is 0. The van der Waals surface area contributed by atoms with Crippen LogP contribution in [0, 0.1) is 6.92 Å². The Labute approximate surface area is 133 Å². The van der Waals surface area contributed by atoms with E-state index in [0.717, 1.165) is 40.8 Å². The lowest BCUT2D eigenvalue weighted by Crippen LogP contribution is -2.02. The van der Waals surface area contributed by atoms with Gasteiger partial charge in [0.25, 0.3) is 0 Å². The number of Topliss-reactive ketones (excluding diaryl/α,β-unsaturated/α-hetero) is 1. The summed E-state index contributed by atoms with van der Waals surface area (Å²) in [7, 11) is 0. The second kappa shape index (κ2) is 6.02. The standard InChI is InChI=1S/C18H17BrO2/c1-12-8-15(11-16(19)9-12)17(20)4-2-13-3-5-18-14(10-13)6-7-21-18/h3,5,8-11H,2,4,6-7H2,1H3. The molecule has 0 unspecified atom stereocenters. The van der Waals surface area contributed by atoms with E-state index < -0.39 is 0 Å². The minimum absolute atomic E-state index is 0.191. The van der Waals surface area contributed by atoms with Crippen LogP contribution in [0.5, 0.6) is 5.75 Å². The van der Waals surface area contributed by atoms with Gasteiger partial charge in [-0.25, -0.2) is 0 Å². The molecule has 2 aromatic rings. The van der Waals surface area contributed by atoms with Crippen LogP contribution in [-0.2, 0) is 12.8 Å². The summed E-state index contributed by atoms with van der Waals surface area (Å²) in [5.74, 6) is 1.18. The van der Waals surface area contributed by atoms with Crippen LogP contribution in [-0.4, -0.2) is 12.4 Å². The summed E-state index contributed by atoms with van der Waals surface area (Å²) < 4.78 is 6.46. The number of halogens is 1. The van der Waals surface area contributed by atoms with Crippen molar-refractivity contribution in [1.82, 2.24) is 0 Å². The topological polar surface area (TPSA) is 26.3 Å². The first-order valence-corrected chi connectivity index (χ1v) is 7.96. The van der Waals surface area contributed by atoms with Crippen LogP contribution in [0.15, 0.2) is 40.9 Å². The molecule has 0 saturated carbocycles. The van der Waals surface area contributed by atoms with Crippen molar-refractivity contribution < 1.29 is 9.53 Å². The molecular weight excluding hydrogens is 328 g/mol. The summed E-state index contributed by atoms with van der Waals surface area (Å²) in [5, 5.41) is 0. The minimum atomic E-state index is 0.191. The van der Waals surface area contributed by atoms with Crippen LogP contribution in [0.4, 0.5) is 0 Å². The van der Waals surface area contributed by atoms with E-state index in [9.17, 15) is 4.79 Å². The number of carbonyl (C=O) groups excluding carboxylic acids is 1. The number of carbonyl (C=O) groups is 1. The molecule has 108 valence electrons. The predicted molar refractivity (Wildman–Crippen MR) is 87.2 cm³/mol. The van der Waals surface area contributed by atoms with Crippen molar-refractivity contribution in [3.8, 4) is 5.75 Å². The highest BCUT2D eigenvalue weighted by Gasteiger charge is 2.13. The molecule has 2 nitrogen and oxygen atoms in total. The van der Waals surface area contributed by atoms with Gasteiger partial charge in [-0.3, -0.25) is 4.79 Å². The lowest BCUT2D eigenvalue weighted by molar-refractivity contribution is 0.0982. The number of fused-ring (bicyclic) bond motifs is 1. The molecule has 0 atom stereocenters. The zero-order valence-corrected chi connectivity index (χ0v) is 13.6. The van der Waals surface area contributed by atoms with Gasteiger partial charge in [0.05, 0.1) is 6.61 Å². The van der Waals surface area contributed by atoms with E-state index in [-0.39, 0.29) is 5.78 Å². The van der Waals surface area contributed by atoms with Gasteiger partial charge in [-0.15, -0.1) is 0 Å². The van der Waals surface area contributed by atoms with E-state index >= 15 is 0 Å². The van der Waals surface area contributed by atoms with Gasteiger partial charge < -0.3 is 4.74 Å². The number of rotatable bonds is 4. The fourth-order valence-electron chi connectivity index (χ4n) is 2.69. The van der Waals surface area contributed by atoms with Gasteiger partial charge in [0, 0.05) is 22.9 Å². The molecule has 0 fully saturated rings. The summed E-state index contributed by atoms with van der Waals surface area (Å²) >= 11 is 3.44. The van der Waals surface area contributed by atoms with E-state index in [2.05, 4.69) is 28.1 Å². The zero-order chi connectivity index (χ0) is 14.8. The third-order valence-corrected chi connectivity index (χ3v) is 4.22. The maximum atomic E-state index is 12.3. The van der Waals surface area contributed by atoms with E-state index in [1.54, 1.807) is 0 Å². The number of hydrogen-bond acceptors (Lipinski definition) is 2. The molecule has 1 aliphatic rings. The Morgan fingerprint density at radius 3 is 2.90 bits per heavy atom. The smallest absolute Gasteiger partial charge is 0.163 e. The maximum Gasteiger partial charge on any atom is 0.163 e. The number of ether oxygens (including phenoxy) is 1. The van der Waals surface area contributed by atoms with Gasteiger partial charge in [0.15, 0.2) is 5.78 Å². The van der Waals surface area contributed by atoms with Crippen LogP contribution in [0.1, 0.15) is 33.5 Å². The van der Waals surface area contributed by atoms with Crippen LogP contribution >= 0.6 is 15.9 Å². The summed E-state index contributed by atoms with van der Waals surface area (Å²) in [4.78, 5) is 12.3. The molecule has 0 amide bonds. The van der Waals surface area contributed by atoms with Crippen molar-refractivity contribution in [1.29, 1.82) is 0 Å².